The summed E-state index contributed by atoms with van der Waals surface area (Å²) in [6.45, 7) is 5.48. The van der Waals surface area contributed by atoms with Gasteiger partial charge in [0.25, 0.3) is 0 Å². The van der Waals surface area contributed by atoms with Gasteiger partial charge in [-0.3, -0.25) is 0 Å². The molecule has 29 heavy (non-hydrogen) atoms. The Labute approximate surface area is 175 Å². The van der Waals surface area contributed by atoms with Crippen LogP contribution in [0.2, 0.25) is 5.02 Å². The third-order valence-corrected chi connectivity index (χ3v) is 7.17. The number of hydrogen-bond acceptors (Lipinski definition) is 5. The molecule has 0 radical (unpaired) electrons. The molecule has 0 bridgehead atoms. The van der Waals surface area contributed by atoms with E-state index in [9.17, 15) is 8.42 Å². The van der Waals surface area contributed by atoms with Gasteiger partial charge in [-0.2, -0.15) is 4.31 Å². The van der Waals surface area contributed by atoms with Gasteiger partial charge in [-0.15, -0.1) is 5.10 Å². The lowest BCUT2D eigenvalue weighted by Crippen LogP contribution is -2.42. The number of hydrogen-bond donors (Lipinski definition) is 0. The maximum absolute atomic E-state index is 13.2. The summed E-state index contributed by atoms with van der Waals surface area (Å²) in [6.07, 6.45) is 1.04. The van der Waals surface area contributed by atoms with E-state index in [4.69, 9.17) is 16.4 Å². The third kappa shape index (κ3) is 4.24. The number of nitrogens with zero attached hydrogens (tertiary/aromatic N) is 4. The summed E-state index contributed by atoms with van der Waals surface area (Å²) in [5.41, 5.74) is 1.95. The Morgan fingerprint density at radius 3 is 2.62 bits per heavy atom. The maximum Gasteiger partial charge on any atom is 0.243 e. The molecule has 154 valence electrons. The molecule has 0 aliphatic carbocycles. The molecule has 2 aromatic carbocycles. The van der Waals surface area contributed by atoms with Crippen molar-refractivity contribution in [1.29, 1.82) is 0 Å². The first-order valence-corrected chi connectivity index (χ1v) is 11.4. The summed E-state index contributed by atoms with van der Waals surface area (Å²) in [4.78, 5) is 7.21. The minimum absolute atomic E-state index is 0.223. The molecule has 2 atom stereocenters. The van der Waals surface area contributed by atoms with Crippen LogP contribution in [0.25, 0.3) is 11.0 Å². The highest BCUT2D eigenvalue weighted by atomic mass is 35.5. The van der Waals surface area contributed by atoms with Crippen LogP contribution < -0.4 is 4.84 Å². The van der Waals surface area contributed by atoms with E-state index in [0.29, 0.717) is 41.0 Å². The number of piperidine rings is 1. The average Bonchev–Trinajstić information content (AvgIpc) is 3.08. The van der Waals surface area contributed by atoms with E-state index in [-0.39, 0.29) is 11.5 Å². The molecule has 3 aromatic rings. The number of aromatic nitrogens is 3. The highest BCUT2D eigenvalue weighted by Gasteiger charge is 2.32. The van der Waals surface area contributed by atoms with Gasteiger partial charge in [-0.1, -0.05) is 42.4 Å². The molecular weight excluding hydrogens is 412 g/mol. The lowest BCUT2D eigenvalue weighted by Gasteiger charge is -2.34. The zero-order chi connectivity index (χ0) is 20.6. The van der Waals surface area contributed by atoms with Crippen LogP contribution in [-0.4, -0.2) is 41.0 Å². The fourth-order valence-corrected chi connectivity index (χ4v) is 5.76. The predicted molar refractivity (Wildman–Crippen MR) is 111 cm³/mol. The molecule has 0 N–H and O–H groups in total. The van der Waals surface area contributed by atoms with Crippen LogP contribution in [0.3, 0.4) is 0 Å². The van der Waals surface area contributed by atoms with Crippen molar-refractivity contribution >= 4 is 32.7 Å². The van der Waals surface area contributed by atoms with Gasteiger partial charge in [-0.25, -0.2) is 8.42 Å². The normalized spacial score (nSPS) is 20.8. The largest absolute Gasteiger partial charge is 0.390 e. The van der Waals surface area contributed by atoms with Gasteiger partial charge in [0.15, 0.2) is 0 Å². The Hall–Kier alpha value is -2.16. The van der Waals surface area contributed by atoms with E-state index in [1.54, 1.807) is 34.6 Å². The molecule has 0 amide bonds. The van der Waals surface area contributed by atoms with Crippen molar-refractivity contribution in [2.24, 2.45) is 11.8 Å². The Kier molecular flexibility index (Phi) is 5.50. The average molecular weight is 435 g/mol. The van der Waals surface area contributed by atoms with Gasteiger partial charge in [0.2, 0.25) is 10.0 Å². The molecular formula is C20H23ClN4O3S. The second-order valence-electron chi connectivity index (χ2n) is 7.78. The minimum Gasteiger partial charge on any atom is -0.390 e. The Balaban J connectivity index is 1.61. The number of halogens is 1. The van der Waals surface area contributed by atoms with E-state index in [2.05, 4.69) is 24.2 Å². The van der Waals surface area contributed by atoms with Crippen LogP contribution in [0, 0.1) is 11.8 Å². The molecule has 1 saturated heterocycles. The first kappa shape index (κ1) is 20.1. The van der Waals surface area contributed by atoms with Crippen molar-refractivity contribution in [3.8, 4) is 0 Å². The summed E-state index contributed by atoms with van der Waals surface area (Å²) < 4.78 is 28.0. The van der Waals surface area contributed by atoms with Crippen molar-refractivity contribution < 1.29 is 13.3 Å². The number of rotatable bonds is 5. The second kappa shape index (κ2) is 7.93. The lowest BCUT2D eigenvalue weighted by molar-refractivity contribution is 0.0751. The number of benzene rings is 2. The molecule has 7 nitrogen and oxygen atoms in total. The van der Waals surface area contributed by atoms with E-state index < -0.39 is 10.0 Å². The van der Waals surface area contributed by atoms with Crippen molar-refractivity contribution in [3.05, 3.63) is 53.1 Å². The van der Waals surface area contributed by atoms with Crippen molar-refractivity contribution in [1.82, 2.24) is 19.5 Å². The summed E-state index contributed by atoms with van der Waals surface area (Å²) in [7, 11) is -3.60. The molecule has 1 fully saturated rings. The van der Waals surface area contributed by atoms with Crippen molar-refractivity contribution in [2.45, 2.75) is 31.8 Å². The molecule has 2 unspecified atom stereocenters. The smallest absolute Gasteiger partial charge is 0.243 e. The van der Waals surface area contributed by atoms with E-state index in [0.717, 1.165) is 12.0 Å². The fraction of sp³-hybridized carbons (Fsp3) is 0.400. The molecule has 2 heterocycles. The zero-order valence-electron chi connectivity index (χ0n) is 16.3. The van der Waals surface area contributed by atoms with Crippen LogP contribution in [0.1, 0.15) is 25.8 Å². The minimum atomic E-state index is -3.60. The lowest BCUT2D eigenvalue weighted by atomic mass is 9.94. The highest BCUT2D eigenvalue weighted by Crippen LogP contribution is 2.28. The topological polar surface area (TPSA) is 77.3 Å². The molecule has 4 rings (SSSR count). The quantitative estimate of drug-likeness (QED) is 0.615. The second-order valence-corrected chi connectivity index (χ2v) is 10.2. The van der Waals surface area contributed by atoms with Gasteiger partial charge in [0.1, 0.15) is 17.6 Å². The molecule has 1 aliphatic heterocycles. The first-order chi connectivity index (χ1) is 13.8. The first-order valence-electron chi connectivity index (χ1n) is 9.56. The monoisotopic (exact) mass is 434 g/mol. The predicted octanol–water partition coefficient (Wildman–Crippen LogP) is 3.38. The van der Waals surface area contributed by atoms with E-state index in [1.807, 2.05) is 12.1 Å². The Bertz CT molecular complexity index is 1120. The van der Waals surface area contributed by atoms with Crippen LogP contribution in [0.4, 0.5) is 0 Å². The Morgan fingerprint density at radius 2 is 1.90 bits per heavy atom. The van der Waals surface area contributed by atoms with Crippen LogP contribution in [0.5, 0.6) is 0 Å². The molecule has 1 aliphatic rings. The summed E-state index contributed by atoms with van der Waals surface area (Å²) >= 11 is 6.00. The van der Waals surface area contributed by atoms with Crippen molar-refractivity contribution in [2.75, 3.05) is 13.1 Å². The molecule has 1 aromatic heterocycles. The van der Waals surface area contributed by atoms with Crippen LogP contribution in [0.15, 0.2) is 47.4 Å². The fourth-order valence-electron chi connectivity index (χ4n) is 3.85. The SMILES string of the molecule is CC1CC(C)CN(S(=O)(=O)c2ccc3nnn(OCc4cccc(Cl)c4)c3c2)C1. The summed E-state index contributed by atoms with van der Waals surface area (Å²) in [5.74, 6) is 0.677. The molecule has 9 heteroatoms. The Morgan fingerprint density at radius 1 is 1.14 bits per heavy atom. The third-order valence-electron chi connectivity index (χ3n) is 5.10. The van der Waals surface area contributed by atoms with Crippen LogP contribution >= 0.6 is 11.6 Å². The zero-order valence-corrected chi connectivity index (χ0v) is 17.9. The summed E-state index contributed by atoms with van der Waals surface area (Å²) in [6, 6.07) is 12.1. The van der Waals surface area contributed by atoms with Gasteiger partial charge >= 0.3 is 0 Å². The van der Waals surface area contributed by atoms with Gasteiger partial charge in [-0.05, 0) is 59.4 Å². The number of fused-ring (bicyclic) bond motifs is 1. The van der Waals surface area contributed by atoms with Gasteiger partial charge in [0.05, 0.1) is 4.90 Å². The van der Waals surface area contributed by atoms with Crippen LogP contribution in [-0.2, 0) is 16.6 Å². The number of sulfonamides is 1. The summed E-state index contributed by atoms with van der Waals surface area (Å²) in [5, 5.41) is 8.68. The van der Waals surface area contributed by atoms with E-state index >= 15 is 0 Å². The van der Waals surface area contributed by atoms with Gasteiger partial charge < -0.3 is 4.84 Å². The van der Waals surface area contributed by atoms with Crippen molar-refractivity contribution in [3.63, 3.8) is 0 Å². The standard InChI is InChI=1S/C20H23ClN4O3S/c1-14-8-15(2)12-24(11-14)29(26,27)18-6-7-19-20(10-18)25(23-22-19)28-13-16-4-3-5-17(21)9-16/h3-7,9-10,14-15H,8,11-13H2,1-2H3. The van der Waals surface area contributed by atoms with E-state index in [1.165, 1.54) is 4.85 Å². The highest BCUT2D eigenvalue weighted by molar-refractivity contribution is 7.89. The molecule has 0 saturated carbocycles. The molecule has 0 spiro atoms. The van der Waals surface area contributed by atoms with Gasteiger partial charge in [0, 0.05) is 18.1 Å². The maximum atomic E-state index is 13.2.